The molecule has 0 unspecified atom stereocenters. The second-order valence-corrected chi connectivity index (χ2v) is 6.81. The highest BCUT2D eigenvalue weighted by Gasteiger charge is 2.33. The number of hydrogen-bond acceptors (Lipinski definition) is 3. The molecule has 0 bridgehead atoms. The van der Waals surface area contributed by atoms with Crippen LogP contribution in [0.5, 0.6) is 0 Å². The average Bonchev–Trinajstić information content (AvgIpc) is 2.28. The number of rotatable bonds is 3. The molecule has 18 heavy (non-hydrogen) atoms. The van der Waals surface area contributed by atoms with Gasteiger partial charge in [0.15, 0.2) is 0 Å². The van der Waals surface area contributed by atoms with Crippen molar-refractivity contribution in [1.82, 2.24) is 0 Å². The lowest BCUT2D eigenvalue weighted by Gasteiger charge is -2.29. The highest BCUT2D eigenvalue weighted by Crippen LogP contribution is 2.25. The van der Waals surface area contributed by atoms with Crippen LogP contribution in [0.3, 0.4) is 0 Å². The summed E-state index contributed by atoms with van der Waals surface area (Å²) in [5, 5.41) is 5.40. The van der Waals surface area contributed by atoms with Crippen molar-refractivity contribution in [1.29, 1.82) is 0 Å². The average molecular weight is 290 g/mol. The third-order valence-corrected chi connectivity index (χ3v) is 4.91. The molecule has 1 fully saturated rings. The Labute approximate surface area is 112 Å². The van der Waals surface area contributed by atoms with Crippen molar-refractivity contribution < 1.29 is 13.2 Å². The lowest BCUT2D eigenvalue weighted by Crippen LogP contribution is -2.42. The summed E-state index contributed by atoms with van der Waals surface area (Å²) in [5.41, 5.74) is 1.01. The van der Waals surface area contributed by atoms with Gasteiger partial charge >= 0.3 is 0 Å². The van der Waals surface area contributed by atoms with Gasteiger partial charge in [-0.2, -0.15) is 0 Å². The summed E-state index contributed by atoms with van der Waals surface area (Å²) in [6.07, 6.45) is 1.08. The molecule has 100 valence electrons. The SMILES string of the molecule is NS(=O)(=O)[C@H]1CCOC[C@@H]1Cc1cccc(Cl)c1. The van der Waals surface area contributed by atoms with Crippen LogP contribution in [0.15, 0.2) is 24.3 Å². The molecule has 2 rings (SSSR count). The van der Waals surface area contributed by atoms with Gasteiger partial charge in [0.25, 0.3) is 0 Å². The summed E-state index contributed by atoms with van der Waals surface area (Å²) in [7, 11) is -3.52. The van der Waals surface area contributed by atoms with E-state index in [9.17, 15) is 8.42 Å². The molecule has 0 spiro atoms. The molecule has 1 aromatic rings. The molecule has 0 radical (unpaired) electrons. The summed E-state index contributed by atoms with van der Waals surface area (Å²) in [6, 6.07) is 7.42. The predicted octanol–water partition coefficient (Wildman–Crippen LogP) is 1.58. The standard InChI is InChI=1S/C12H16ClNO3S/c13-11-3-1-2-9(7-11)6-10-8-17-5-4-12(10)18(14,15)16/h1-3,7,10,12H,4-6,8H2,(H2,14,15,16)/t10-,12-/m0/s1. The van der Waals surface area contributed by atoms with E-state index in [4.69, 9.17) is 21.5 Å². The predicted molar refractivity (Wildman–Crippen MR) is 71.0 cm³/mol. The number of primary sulfonamides is 1. The largest absolute Gasteiger partial charge is 0.381 e. The van der Waals surface area contributed by atoms with E-state index in [-0.39, 0.29) is 5.92 Å². The maximum atomic E-state index is 11.6. The molecule has 2 atom stereocenters. The molecule has 0 aliphatic carbocycles. The fourth-order valence-electron chi connectivity index (χ4n) is 2.37. The van der Waals surface area contributed by atoms with Crippen molar-refractivity contribution in [2.24, 2.45) is 11.1 Å². The van der Waals surface area contributed by atoms with Crippen molar-refractivity contribution in [3.8, 4) is 0 Å². The van der Waals surface area contributed by atoms with E-state index in [1.54, 1.807) is 6.07 Å². The van der Waals surface area contributed by atoms with Gasteiger partial charge in [-0.3, -0.25) is 0 Å². The lowest BCUT2D eigenvalue weighted by atomic mass is 9.94. The molecule has 4 nitrogen and oxygen atoms in total. The Bertz CT molecular complexity index is 518. The maximum Gasteiger partial charge on any atom is 0.212 e. The van der Waals surface area contributed by atoms with Crippen LogP contribution in [0.4, 0.5) is 0 Å². The van der Waals surface area contributed by atoms with Crippen LogP contribution >= 0.6 is 11.6 Å². The molecule has 0 saturated carbocycles. The zero-order chi connectivity index (χ0) is 13.2. The van der Waals surface area contributed by atoms with Gasteiger partial charge in [0.05, 0.1) is 11.9 Å². The number of ether oxygens (including phenoxy) is 1. The van der Waals surface area contributed by atoms with Crippen LogP contribution in [-0.4, -0.2) is 26.9 Å². The Morgan fingerprint density at radius 2 is 2.22 bits per heavy atom. The first-order valence-electron chi connectivity index (χ1n) is 5.80. The summed E-state index contributed by atoms with van der Waals surface area (Å²) in [5.74, 6) is -0.104. The van der Waals surface area contributed by atoms with Gasteiger partial charge in [-0.05, 0) is 30.5 Å². The second-order valence-electron chi connectivity index (χ2n) is 4.59. The molecule has 1 heterocycles. The van der Waals surface area contributed by atoms with Crippen molar-refractivity contribution in [3.63, 3.8) is 0 Å². The van der Waals surface area contributed by atoms with Crippen LogP contribution in [-0.2, 0) is 21.2 Å². The van der Waals surface area contributed by atoms with Gasteiger partial charge in [0.2, 0.25) is 10.0 Å². The Kier molecular flexibility index (Phi) is 4.27. The maximum absolute atomic E-state index is 11.6. The van der Waals surface area contributed by atoms with E-state index in [0.717, 1.165) is 5.56 Å². The lowest BCUT2D eigenvalue weighted by molar-refractivity contribution is 0.0572. The van der Waals surface area contributed by atoms with Crippen molar-refractivity contribution in [2.45, 2.75) is 18.1 Å². The van der Waals surface area contributed by atoms with E-state index in [0.29, 0.717) is 31.1 Å². The van der Waals surface area contributed by atoms with Gasteiger partial charge < -0.3 is 4.74 Å². The minimum Gasteiger partial charge on any atom is -0.381 e. The van der Waals surface area contributed by atoms with Gasteiger partial charge in [-0.25, -0.2) is 13.6 Å². The van der Waals surface area contributed by atoms with Crippen LogP contribution < -0.4 is 5.14 Å². The first-order valence-corrected chi connectivity index (χ1v) is 7.79. The quantitative estimate of drug-likeness (QED) is 0.918. The normalized spacial score (nSPS) is 25.0. The van der Waals surface area contributed by atoms with Gasteiger partial charge in [-0.1, -0.05) is 23.7 Å². The molecule has 1 aliphatic heterocycles. The molecule has 1 saturated heterocycles. The fourth-order valence-corrected chi connectivity index (χ4v) is 3.72. The number of sulfonamides is 1. The monoisotopic (exact) mass is 289 g/mol. The van der Waals surface area contributed by atoms with Gasteiger partial charge in [0.1, 0.15) is 0 Å². The van der Waals surface area contributed by atoms with E-state index >= 15 is 0 Å². The number of benzene rings is 1. The molecular formula is C12H16ClNO3S. The van der Waals surface area contributed by atoms with Crippen LogP contribution in [0.1, 0.15) is 12.0 Å². The molecular weight excluding hydrogens is 274 g/mol. The van der Waals surface area contributed by atoms with Crippen molar-refractivity contribution >= 4 is 21.6 Å². The Morgan fingerprint density at radius 3 is 2.89 bits per heavy atom. The second kappa shape index (κ2) is 5.57. The summed E-state index contributed by atoms with van der Waals surface area (Å²) in [4.78, 5) is 0. The molecule has 2 N–H and O–H groups in total. The van der Waals surface area contributed by atoms with Crippen LogP contribution in [0, 0.1) is 5.92 Å². The zero-order valence-corrected chi connectivity index (χ0v) is 11.5. The summed E-state index contributed by atoms with van der Waals surface area (Å²) < 4.78 is 28.5. The van der Waals surface area contributed by atoms with Gasteiger partial charge in [-0.15, -0.1) is 0 Å². The number of hydrogen-bond donors (Lipinski definition) is 1. The summed E-state index contributed by atoms with van der Waals surface area (Å²) in [6.45, 7) is 0.876. The fraction of sp³-hybridized carbons (Fsp3) is 0.500. The first-order chi connectivity index (χ1) is 8.47. The minimum absolute atomic E-state index is 0.104. The topological polar surface area (TPSA) is 69.4 Å². The molecule has 0 amide bonds. The van der Waals surface area contributed by atoms with Crippen molar-refractivity contribution in [3.05, 3.63) is 34.9 Å². The zero-order valence-electron chi connectivity index (χ0n) is 9.88. The van der Waals surface area contributed by atoms with E-state index in [1.807, 2.05) is 18.2 Å². The van der Waals surface area contributed by atoms with Crippen LogP contribution in [0.2, 0.25) is 5.02 Å². The third-order valence-electron chi connectivity index (χ3n) is 3.21. The Hall–Kier alpha value is -0.620. The number of nitrogens with two attached hydrogens (primary N) is 1. The molecule has 1 aliphatic rings. The smallest absolute Gasteiger partial charge is 0.212 e. The molecule has 1 aromatic carbocycles. The van der Waals surface area contributed by atoms with Crippen LogP contribution in [0.25, 0.3) is 0 Å². The summed E-state index contributed by atoms with van der Waals surface area (Å²) >= 11 is 5.91. The highest BCUT2D eigenvalue weighted by molar-refractivity contribution is 7.89. The highest BCUT2D eigenvalue weighted by atomic mass is 35.5. The number of halogens is 1. The van der Waals surface area contributed by atoms with Crippen molar-refractivity contribution in [2.75, 3.05) is 13.2 Å². The van der Waals surface area contributed by atoms with E-state index in [1.165, 1.54) is 0 Å². The molecule has 0 aromatic heterocycles. The van der Waals surface area contributed by atoms with E-state index < -0.39 is 15.3 Å². The Morgan fingerprint density at radius 1 is 1.44 bits per heavy atom. The molecule has 6 heteroatoms. The first kappa shape index (κ1) is 13.8. The van der Waals surface area contributed by atoms with Gasteiger partial charge in [0, 0.05) is 17.5 Å². The minimum atomic E-state index is -3.52. The van der Waals surface area contributed by atoms with E-state index in [2.05, 4.69) is 0 Å². The Balaban J connectivity index is 2.15. The third kappa shape index (κ3) is 3.45.